The van der Waals surface area contributed by atoms with Crippen molar-refractivity contribution in [1.29, 1.82) is 0 Å². The van der Waals surface area contributed by atoms with Gasteiger partial charge in [0, 0.05) is 11.1 Å². The Labute approximate surface area is 162 Å². The van der Waals surface area contributed by atoms with E-state index in [0.29, 0.717) is 28.4 Å². The lowest BCUT2D eigenvalue weighted by atomic mass is 9.89. The first kappa shape index (κ1) is 16.6. The zero-order valence-corrected chi connectivity index (χ0v) is 15.1. The van der Waals surface area contributed by atoms with Crippen LogP contribution in [0, 0.1) is 0 Å². The van der Waals surface area contributed by atoms with E-state index in [1.165, 1.54) is 6.07 Å². The maximum atomic E-state index is 12.1. The number of esters is 1. The van der Waals surface area contributed by atoms with Gasteiger partial charge in [-0.3, -0.25) is 4.79 Å². The van der Waals surface area contributed by atoms with Crippen LogP contribution in [0.2, 0.25) is 0 Å². The second-order valence-corrected chi connectivity index (χ2v) is 6.96. The Kier molecular flexibility index (Phi) is 3.73. The summed E-state index contributed by atoms with van der Waals surface area (Å²) in [6.45, 7) is 0. The first-order valence-electron chi connectivity index (χ1n) is 8.49. The standard InChI is InChI=1S/C20H12N2O5S/c23-17-9-12(18-16(27-17)5-4-13-19(18)22-28-21-13)15-7-6-14(26-15)10-2-1-3-11(8-10)20(24)25/h1-8,12H,9H2,(H,24,25)/t12-/m1/s1. The molecule has 0 saturated heterocycles. The molecule has 0 spiro atoms. The van der Waals surface area contributed by atoms with E-state index in [0.717, 1.165) is 22.8 Å². The SMILES string of the molecule is O=C1C[C@H](c2ccc(-c3cccc(C(=O)O)c3)o2)c2c(ccc3nsnc23)O1. The monoisotopic (exact) mass is 392 g/mol. The molecule has 2 aromatic heterocycles. The summed E-state index contributed by atoms with van der Waals surface area (Å²) in [5.74, 6) is -0.106. The molecule has 28 heavy (non-hydrogen) atoms. The summed E-state index contributed by atoms with van der Waals surface area (Å²) in [5, 5.41) is 9.19. The van der Waals surface area contributed by atoms with Gasteiger partial charge in [0.15, 0.2) is 0 Å². The summed E-state index contributed by atoms with van der Waals surface area (Å²) in [7, 11) is 0. The zero-order valence-electron chi connectivity index (χ0n) is 14.3. The van der Waals surface area contributed by atoms with E-state index in [4.69, 9.17) is 9.15 Å². The highest BCUT2D eigenvalue weighted by molar-refractivity contribution is 7.00. The normalized spacial score (nSPS) is 16.0. The highest BCUT2D eigenvalue weighted by Crippen LogP contribution is 2.43. The number of benzene rings is 2. The van der Waals surface area contributed by atoms with Crippen LogP contribution in [0.25, 0.3) is 22.4 Å². The van der Waals surface area contributed by atoms with Crippen molar-refractivity contribution in [3.8, 4) is 17.1 Å². The fraction of sp³-hybridized carbons (Fsp3) is 0.100. The van der Waals surface area contributed by atoms with E-state index in [2.05, 4.69) is 8.75 Å². The average Bonchev–Trinajstić information content (AvgIpc) is 3.36. The minimum atomic E-state index is -1.00. The molecule has 0 bridgehead atoms. The predicted molar refractivity (Wildman–Crippen MR) is 101 cm³/mol. The fourth-order valence-corrected chi connectivity index (χ4v) is 4.00. The largest absolute Gasteiger partial charge is 0.478 e. The number of aromatic carboxylic acids is 1. The van der Waals surface area contributed by atoms with Gasteiger partial charge >= 0.3 is 11.9 Å². The lowest BCUT2D eigenvalue weighted by Gasteiger charge is -2.23. The summed E-state index contributed by atoms with van der Waals surface area (Å²) in [5.41, 5.74) is 3.06. The van der Waals surface area contributed by atoms with Gasteiger partial charge in [-0.2, -0.15) is 8.75 Å². The van der Waals surface area contributed by atoms with E-state index in [9.17, 15) is 14.7 Å². The number of hydrogen-bond acceptors (Lipinski definition) is 7. The average molecular weight is 392 g/mol. The van der Waals surface area contributed by atoms with Crippen molar-refractivity contribution in [2.24, 2.45) is 0 Å². The maximum Gasteiger partial charge on any atom is 0.335 e. The Morgan fingerprint density at radius 3 is 2.89 bits per heavy atom. The van der Waals surface area contributed by atoms with E-state index < -0.39 is 5.97 Å². The predicted octanol–water partition coefficient (Wildman–Crippen LogP) is 4.09. The molecule has 1 aliphatic rings. The lowest BCUT2D eigenvalue weighted by molar-refractivity contribution is -0.135. The molecule has 2 aromatic carbocycles. The molecule has 1 atom stereocenters. The summed E-state index contributed by atoms with van der Waals surface area (Å²) in [4.78, 5) is 23.3. The van der Waals surface area contributed by atoms with Crippen LogP contribution in [0.3, 0.4) is 0 Å². The third-order valence-electron chi connectivity index (χ3n) is 4.73. The molecule has 0 radical (unpaired) electrons. The van der Waals surface area contributed by atoms with Crippen LogP contribution >= 0.6 is 11.7 Å². The number of ether oxygens (including phenoxy) is 1. The van der Waals surface area contributed by atoms with E-state index >= 15 is 0 Å². The molecule has 3 heterocycles. The van der Waals surface area contributed by atoms with E-state index in [1.807, 2.05) is 0 Å². The Hall–Kier alpha value is -3.52. The lowest BCUT2D eigenvalue weighted by Crippen LogP contribution is -2.21. The highest BCUT2D eigenvalue weighted by Gasteiger charge is 2.33. The molecule has 0 aliphatic carbocycles. The van der Waals surface area contributed by atoms with Gasteiger partial charge in [0.05, 0.1) is 29.6 Å². The van der Waals surface area contributed by atoms with Gasteiger partial charge < -0.3 is 14.3 Å². The number of carbonyl (C=O) groups excluding carboxylic acids is 1. The van der Waals surface area contributed by atoms with Crippen molar-refractivity contribution in [3.05, 3.63) is 65.4 Å². The smallest absolute Gasteiger partial charge is 0.335 e. The molecule has 1 N–H and O–H groups in total. The van der Waals surface area contributed by atoms with Gasteiger partial charge in [-0.15, -0.1) is 0 Å². The quantitative estimate of drug-likeness (QED) is 0.414. The van der Waals surface area contributed by atoms with Gasteiger partial charge in [-0.1, -0.05) is 12.1 Å². The molecule has 1 aliphatic heterocycles. The molecule has 0 fully saturated rings. The third kappa shape index (κ3) is 2.66. The summed E-state index contributed by atoms with van der Waals surface area (Å²) in [6.07, 6.45) is 0.131. The Morgan fingerprint density at radius 1 is 1.14 bits per heavy atom. The third-order valence-corrected chi connectivity index (χ3v) is 5.28. The Bertz CT molecular complexity index is 1240. The van der Waals surface area contributed by atoms with Crippen LogP contribution in [0.4, 0.5) is 0 Å². The number of fused-ring (bicyclic) bond motifs is 3. The van der Waals surface area contributed by atoms with Crippen molar-refractivity contribution >= 4 is 34.7 Å². The van der Waals surface area contributed by atoms with Crippen molar-refractivity contribution in [2.75, 3.05) is 0 Å². The number of rotatable bonds is 3. The van der Waals surface area contributed by atoms with Gasteiger partial charge in [0.25, 0.3) is 0 Å². The van der Waals surface area contributed by atoms with Gasteiger partial charge in [-0.25, -0.2) is 4.79 Å². The number of aromatic nitrogens is 2. The van der Waals surface area contributed by atoms with Crippen molar-refractivity contribution < 1.29 is 23.8 Å². The first-order valence-corrected chi connectivity index (χ1v) is 9.22. The summed E-state index contributed by atoms with van der Waals surface area (Å²) < 4.78 is 20.0. The fourth-order valence-electron chi connectivity index (χ4n) is 3.46. The molecule has 0 amide bonds. The number of hydrogen-bond donors (Lipinski definition) is 1. The van der Waals surface area contributed by atoms with E-state index in [-0.39, 0.29) is 23.9 Å². The van der Waals surface area contributed by atoms with Crippen molar-refractivity contribution in [3.63, 3.8) is 0 Å². The Morgan fingerprint density at radius 2 is 2.04 bits per heavy atom. The highest BCUT2D eigenvalue weighted by atomic mass is 32.1. The molecular formula is C20H12N2O5S. The number of carbonyl (C=O) groups is 2. The summed E-state index contributed by atoms with van der Waals surface area (Å²) in [6, 6.07) is 13.6. The number of carboxylic acids is 1. The van der Waals surface area contributed by atoms with Crippen LogP contribution in [0.5, 0.6) is 5.75 Å². The number of furan rings is 1. The molecule has 5 rings (SSSR count). The molecular weight excluding hydrogens is 380 g/mol. The summed E-state index contributed by atoms with van der Waals surface area (Å²) >= 11 is 1.10. The minimum absolute atomic E-state index is 0.131. The van der Waals surface area contributed by atoms with E-state index in [1.54, 1.807) is 42.5 Å². The topological polar surface area (TPSA) is 103 Å². The Balaban J connectivity index is 1.60. The van der Waals surface area contributed by atoms with Crippen LogP contribution in [-0.2, 0) is 4.79 Å². The molecule has 0 saturated carbocycles. The van der Waals surface area contributed by atoms with Gasteiger partial charge in [0.1, 0.15) is 28.3 Å². The molecule has 0 unspecified atom stereocenters. The van der Waals surface area contributed by atoms with Gasteiger partial charge in [0.2, 0.25) is 0 Å². The van der Waals surface area contributed by atoms with Gasteiger partial charge in [-0.05, 0) is 36.4 Å². The zero-order chi connectivity index (χ0) is 19.3. The van der Waals surface area contributed by atoms with Crippen LogP contribution in [-0.4, -0.2) is 25.8 Å². The number of nitrogens with zero attached hydrogens (tertiary/aromatic N) is 2. The number of carboxylic acid groups (broad SMARTS) is 1. The minimum Gasteiger partial charge on any atom is -0.478 e. The van der Waals surface area contributed by atoms with Crippen LogP contribution in [0.1, 0.15) is 34.0 Å². The molecule has 8 heteroatoms. The van der Waals surface area contributed by atoms with Crippen LogP contribution in [0.15, 0.2) is 52.9 Å². The maximum absolute atomic E-state index is 12.1. The second-order valence-electron chi connectivity index (χ2n) is 6.43. The van der Waals surface area contributed by atoms with Crippen LogP contribution < -0.4 is 4.74 Å². The molecule has 4 aromatic rings. The molecule has 7 nitrogen and oxygen atoms in total. The second kappa shape index (κ2) is 6.28. The van der Waals surface area contributed by atoms with Crippen molar-refractivity contribution in [1.82, 2.24) is 8.75 Å². The molecule has 138 valence electrons. The first-order chi connectivity index (χ1) is 13.6. The van der Waals surface area contributed by atoms with Crippen molar-refractivity contribution in [2.45, 2.75) is 12.3 Å².